The van der Waals surface area contributed by atoms with Crippen molar-refractivity contribution < 1.29 is 0 Å². The predicted octanol–water partition coefficient (Wildman–Crippen LogP) is 6.30. The van der Waals surface area contributed by atoms with Crippen molar-refractivity contribution in [2.24, 2.45) is 0 Å². The van der Waals surface area contributed by atoms with Crippen LogP contribution in [0.5, 0.6) is 0 Å². The predicted molar refractivity (Wildman–Crippen MR) is 113 cm³/mol. The molecule has 136 valence electrons. The number of anilines is 1. The van der Waals surface area contributed by atoms with E-state index in [4.69, 9.17) is 11.6 Å². The van der Waals surface area contributed by atoms with Crippen molar-refractivity contribution in [3.8, 4) is 11.1 Å². The lowest BCUT2D eigenvalue weighted by Crippen LogP contribution is -2.19. The molecule has 0 atom stereocenters. The van der Waals surface area contributed by atoms with Crippen LogP contribution in [0.25, 0.3) is 21.3 Å². The molecule has 3 nitrogen and oxygen atoms in total. The molecule has 0 unspecified atom stereocenters. The minimum absolute atomic E-state index is 0.352. The molecule has 4 rings (SSSR count). The van der Waals surface area contributed by atoms with Gasteiger partial charge in [0.2, 0.25) is 5.28 Å². The summed E-state index contributed by atoms with van der Waals surface area (Å²) in [7, 11) is 0. The molecule has 0 aliphatic carbocycles. The number of rotatable bonds is 4. The van der Waals surface area contributed by atoms with Gasteiger partial charge in [-0.3, -0.25) is 0 Å². The first kappa shape index (κ1) is 17.7. The lowest BCUT2D eigenvalue weighted by atomic mass is 9.97. The molecule has 0 bridgehead atoms. The van der Waals surface area contributed by atoms with Crippen molar-refractivity contribution in [2.75, 3.05) is 18.0 Å². The summed E-state index contributed by atoms with van der Waals surface area (Å²) in [6.45, 7) is 8.76. The van der Waals surface area contributed by atoms with Crippen LogP contribution in [0.15, 0.2) is 24.3 Å². The van der Waals surface area contributed by atoms with E-state index in [0.29, 0.717) is 11.2 Å². The summed E-state index contributed by atoms with van der Waals surface area (Å²) in [5.41, 5.74) is 3.91. The molecule has 2 aromatic heterocycles. The summed E-state index contributed by atoms with van der Waals surface area (Å²) < 4.78 is 0. The van der Waals surface area contributed by atoms with Crippen molar-refractivity contribution in [3.05, 3.63) is 40.0 Å². The topological polar surface area (TPSA) is 29.0 Å². The normalized spacial score (nSPS) is 14.7. The molecule has 0 saturated carbocycles. The smallest absolute Gasteiger partial charge is 0.225 e. The third kappa shape index (κ3) is 3.10. The summed E-state index contributed by atoms with van der Waals surface area (Å²) in [5.74, 6) is 1.55. The number of aryl methyl sites for hydroxylation is 1. The van der Waals surface area contributed by atoms with Crippen molar-refractivity contribution in [1.29, 1.82) is 0 Å². The van der Waals surface area contributed by atoms with Crippen LogP contribution in [0.2, 0.25) is 5.28 Å². The Labute approximate surface area is 164 Å². The van der Waals surface area contributed by atoms with Gasteiger partial charge in [-0.05, 0) is 47.9 Å². The summed E-state index contributed by atoms with van der Waals surface area (Å²) in [6, 6.07) is 8.99. The van der Waals surface area contributed by atoms with Gasteiger partial charge in [-0.2, -0.15) is 4.98 Å². The molecule has 1 aliphatic heterocycles. The lowest BCUT2D eigenvalue weighted by Gasteiger charge is -2.18. The van der Waals surface area contributed by atoms with Crippen LogP contribution in [0.1, 0.15) is 50.0 Å². The van der Waals surface area contributed by atoms with E-state index in [1.807, 2.05) is 0 Å². The van der Waals surface area contributed by atoms with Crippen LogP contribution in [0.3, 0.4) is 0 Å². The maximum absolute atomic E-state index is 6.27. The highest BCUT2D eigenvalue weighted by Gasteiger charge is 2.24. The number of benzene rings is 1. The first-order valence-electron chi connectivity index (χ1n) is 9.42. The highest BCUT2D eigenvalue weighted by Crippen LogP contribution is 2.43. The van der Waals surface area contributed by atoms with E-state index in [0.717, 1.165) is 30.2 Å². The molecular weight excluding hydrogens is 362 g/mol. The highest BCUT2D eigenvalue weighted by atomic mass is 35.5. The third-order valence-electron chi connectivity index (χ3n) is 5.17. The Balaban J connectivity index is 1.94. The maximum atomic E-state index is 6.27. The number of hydrogen-bond donors (Lipinski definition) is 0. The Morgan fingerprint density at radius 2 is 1.81 bits per heavy atom. The van der Waals surface area contributed by atoms with Gasteiger partial charge < -0.3 is 4.90 Å². The van der Waals surface area contributed by atoms with E-state index in [-0.39, 0.29) is 0 Å². The zero-order valence-electron chi connectivity index (χ0n) is 15.6. The van der Waals surface area contributed by atoms with Gasteiger partial charge in [-0.15, -0.1) is 11.3 Å². The van der Waals surface area contributed by atoms with E-state index in [1.165, 1.54) is 39.8 Å². The summed E-state index contributed by atoms with van der Waals surface area (Å²) in [4.78, 5) is 13.9. The van der Waals surface area contributed by atoms with Crippen LogP contribution < -0.4 is 4.90 Å². The van der Waals surface area contributed by atoms with Crippen LogP contribution in [0, 0.1) is 0 Å². The van der Waals surface area contributed by atoms with Gasteiger partial charge in [0.05, 0.1) is 5.39 Å². The molecule has 1 aromatic carbocycles. The van der Waals surface area contributed by atoms with Gasteiger partial charge in [-0.25, -0.2) is 4.98 Å². The number of halogens is 1. The van der Waals surface area contributed by atoms with E-state index in [1.54, 1.807) is 11.3 Å². The molecule has 5 heteroatoms. The van der Waals surface area contributed by atoms with Gasteiger partial charge >= 0.3 is 0 Å². The van der Waals surface area contributed by atoms with Crippen LogP contribution in [-0.4, -0.2) is 23.1 Å². The van der Waals surface area contributed by atoms with E-state index >= 15 is 0 Å². The zero-order valence-corrected chi connectivity index (χ0v) is 17.1. The minimum atomic E-state index is 0.352. The Kier molecular flexibility index (Phi) is 4.89. The summed E-state index contributed by atoms with van der Waals surface area (Å²) in [6.07, 6.45) is 3.41. The Bertz CT molecular complexity index is 925. The molecule has 1 aliphatic rings. The monoisotopic (exact) mass is 385 g/mol. The Morgan fingerprint density at radius 1 is 1.12 bits per heavy atom. The van der Waals surface area contributed by atoms with E-state index in [2.05, 4.69) is 59.9 Å². The van der Waals surface area contributed by atoms with Crippen LogP contribution in [0.4, 0.5) is 5.82 Å². The lowest BCUT2D eigenvalue weighted by molar-refractivity contribution is 0.867. The van der Waals surface area contributed by atoms with Crippen LogP contribution >= 0.6 is 22.9 Å². The zero-order chi connectivity index (χ0) is 18.3. The Hall–Kier alpha value is -1.65. The van der Waals surface area contributed by atoms with Gasteiger partial charge in [0.15, 0.2) is 0 Å². The number of thiophene rings is 1. The molecule has 0 N–H and O–H groups in total. The molecule has 0 radical (unpaired) electrons. The first-order valence-corrected chi connectivity index (χ1v) is 10.6. The van der Waals surface area contributed by atoms with Crippen LogP contribution in [-0.2, 0) is 6.42 Å². The number of hydrogen-bond acceptors (Lipinski definition) is 4. The number of fused-ring (bicyclic) bond motifs is 1. The second kappa shape index (κ2) is 7.16. The van der Waals surface area contributed by atoms with Crippen molar-refractivity contribution >= 4 is 39.0 Å². The second-order valence-electron chi connectivity index (χ2n) is 7.22. The fourth-order valence-electron chi connectivity index (χ4n) is 3.75. The largest absolute Gasteiger partial charge is 0.356 e. The molecule has 3 heterocycles. The quantitative estimate of drug-likeness (QED) is 0.493. The molecule has 0 amide bonds. The molecule has 26 heavy (non-hydrogen) atoms. The number of nitrogens with zero attached hydrogens (tertiary/aromatic N) is 3. The molecule has 1 saturated heterocycles. The van der Waals surface area contributed by atoms with Gasteiger partial charge in [0.1, 0.15) is 10.6 Å². The van der Waals surface area contributed by atoms with E-state index < -0.39 is 0 Å². The standard InChI is InChI=1S/C21H24ClN3S/c1-4-16-17(15-9-7-14(8-10-15)13(2)3)18-19(25-11-5-6-12-25)23-21(22)24-20(18)26-16/h7-10,13H,4-6,11-12H2,1-3H3. The second-order valence-corrected chi connectivity index (χ2v) is 8.64. The SMILES string of the molecule is CCc1sc2nc(Cl)nc(N3CCCC3)c2c1-c1ccc(C(C)C)cc1. The fraction of sp³-hybridized carbons (Fsp3) is 0.429. The molecule has 1 fully saturated rings. The third-order valence-corrected chi connectivity index (χ3v) is 6.57. The first-order chi connectivity index (χ1) is 12.6. The average Bonchev–Trinajstić information content (AvgIpc) is 3.28. The van der Waals surface area contributed by atoms with Gasteiger partial charge in [0.25, 0.3) is 0 Å². The summed E-state index contributed by atoms with van der Waals surface area (Å²) in [5, 5.41) is 1.53. The van der Waals surface area contributed by atoms with Crippen molar-refractivity contribution in [2.45, 2.75) is 46.0 Å². The average molecular weight is 386 g/mol. The highest BCUT2D eigenvalue weighted by molar-refractivity contribution is 7.19. The van der Waals surface area contributed by atoms with Gasteiger partial charge in [0, 0.05) is 23.5 Å². The van der Waals surface area contributed by atoms with Crippen molar-refractivity contribution in [1.82, 2.24) is 9.97 Å². The molecule has 3 aromatic rings. The van der Waals surface area contributed by atoms with E-state index in [9.17, 15) is 0 Å². The Morgan fingerprint density at radius 3 is 2.42 bits per heavy atom. The van der Waals surface area contributed by atoms with Crippen molar-refractivity contribution in [3.63, 3.8) is 0 Å². The fourth-order valence-corrected chi connectivity index (χ4v) is 5.09. The minimum Gasteiger partial charge on any atom is -0.356 e. The summed E-state index contributed by atoms with van der Waals surface area (Å²) >= 11 is 8.02. The van der Waals surface area contributed by atoms with Gasteiger partial charge in [-0.1, -0.05) is 45.0 Å². The molecule has 0 spiro atoms. The molecular formula is C21H24ClN3S. The maximum Gasteiger partial charge on any atom is 0.225 e. The number of aromatic nitrogens is 2.